The van der Waals surface area contributed by atoms with E-state index in [0.29, 0.717) is 30.6 Å². The first-order chi connectivity index (χ1) is 14.1. The van der Waals surface area contributed by atoms with Crippen molar-refractivity contribution in [3.05, 3.63) is 70.4 Å². The van der Waals surface area contributed by atoms with Crippen LogP contribution in [-0.4, -0.2) is 49.6 Å². The van der Waals surface area contributed by atoms with Crippen molar-refractivity contribution in [3.63, 3.8) is 0 Å². The highest BCUT2D eigenvalue weighted by Crippen LogP contribution is 2.35. The third-order valence-electron chi connectivity index (χ3n) is 5.28. The molecule has 8 heteroatoms. The number of ether oxygens (including phenoxy) is 1. The van der Waals surface area contributed by atoms with Gasteiger partial charge in [-0.25, -0.2) is 0 Å². The Morgan fingerprint density at radius 3 is 2.59 bits per heavy atom. The average Bonchev–Trinajstić information content (AvgIpc) is 3.38. The summed E-state index contributed by atoms with van der Waals surface area (Å²) in [6.07, 6.45) is 3.48. The van der Waals surface area contributed by atoms with E-state index < -0.39 is 0 Å². The van der Waals surface area contributed by atoms with Gasteiger partial charge in [0.1, 0.15) is 11.9 Å². The molecule has 29 heavy (non-hydrogen) atoms. The smallest absolute Gasteiger partial charge is 0.276 e. The molecule has 0 N–H and O–H groups in total. The lowest BCUT2D eigenvalue weighted by Crippen LogP contribution is -2.56. The van der Waals surface area contributed by atoms with Crippen LogP contribution in [-0.2, 0) is 0 Å². The minimum Gasteiger partial charge on any atom is -0.486 e. The highest BCUT2D eigenvalue weighted by atomic mass is 16.5. The number of hydrogen-bond donors (Lipinski definition) is 0. The van der Waals surface area contributed by atoms with Gasteiger partial charge in [0.25, 0.3) is 11.5 Å². The van der Waals surface area contributed by atoms with Crippen molar-refractivity contribution in [1.29, 1.82) is 0 Å². The lowest BCUT2D eigenvalue weighted by atomic mass is 10.1. The molecule has 1 aromatic carbocycles. The second-order valence-corrected chi connectivity index (χ2v) is 7.58. The van der Waals surface area contributed by atoms with Crippen LogP contribution < -0.4 is 10.3 Å². The summed E-state index contributed by atoms with van der Waals surface area (Å²) in [4.78, 5) is 28.0. The Morgan fingerprint density at radius 2 is 1.90 bits per heavy atom. The van der Waals surface area contributed by atoms with Crippen molar-refractivity contribution in [2.75, 3.05) is 13.1 Å². The maximum Gasteiger partial charge on any atom is 0.276 e. The molecule has 0 spiro atoms. The van der Waals surface area contributed by atoms with Crippen molar-refractivity contribution in [1.82, 2.24) is 24.5 Å². The van der Waals surface area contributed by atoms with Crippen LogP contribution in [0.25, 0.3) is 5.69 Å². The topological polar surface area (TPSA) is 82.2 Å². The molecule has 1 aliphatic carbocycles. The Kier molecular flexibility index (Phi) is 4.19. The lowest BCUT2D eigenvalue weighted by Gasteiger charge is -2.38. The van der Waals surface area contributed by atoms with Gasteiger partial charge in [-0.05, 0) is 38.0 Å². The molecule has 1 saturated carbocycles. The van der Waals surface area contributed by atoms with Crippen LogP contribution in [0.2, 0.25) is 0 Å². The summed E-state index contributed by atoms with van der Waals surface area (Å²) in [5.41, 5.74) is 2.00. The van der Waals surface area contributed by atoms with Gasteiger partial charge in [-0.15, -0.1) is 5.10 Å². The predicted octanol–water partition coefficient (Wildman–Crippen LogP) is 1.98. The SMILES string of the molecule is Cc1cc(OC2CN(C(=O)c3cnn(-c4ccccc4)n3)C2)cc(=O)n1C1CC1. The molecule has 8 nitrogen and oxygen atoms in total. The Bertz CT molecular complexity index is 1110. The lowest BCUT2D eigenvalue weighted by molar-refractivity contribution is 0.0172. The van der Waals surface area contributed by atoms with Gasteiger partial charge in [0, 0.05) is 17.8 Å². The van der Waals surface area contributed by atoms with Gasteiger partial charge in [0.15, 0.2) is 5.69 Å². The average molecular weight is 391 g/mol. The summed E-state index contributed by atoms with van der Waals surface area (Å²) in [7, 11) is 0. The van der Waals surface area contributed by atoms with E-state index in [2.05, 4.69) is 10.2 Å². The van der Waals surface area contributed by atoms with Gasteiger partial charge in [0.05, 0.1) is 25.0 Å². The Labute approximate surface area is 167 Å². The largest absolute Gasteiger partial charge is 0.486 e. The molecular formula is C21H21N5O3. The Balaban J connectivity index is 1.21. The van der Waals surface area contributed by atoms with Crippen molar-refractivity contribution >= 4 is 5.91 Å². The number of carbonyl (C=O) groups is 1. The maximum absolute atomic E-state index is 12.6. The molecule has 148 valence electrons. The molecule has 1 saturated heterocycles. The summed E-state index contributed by atoms with van der Waals surface area (Å²) in [5.74, 6) is 0.392. The number of likely N-dealkylation sites (tertiary alicyclic amines) is 1. The molecule has 2 aromatic heterocycles. The highest BCUT2D eigenvalue weighted by molar-refractivity contribution is 5.92. The molecular weight excluding hydrogens is 370 g/mol. The standard InChI is InChI=1S/C21H21N5O3/c1-14-9-17(10-20(27)25(14)15-7-8-15)29-18-12-24(13-18)21(28)19-11-22-26(23-19)16-5-3-2-4-6-16/h2-6,9-11,15,18H,7-8,12-13H2,1H3. The monoisotopic (exact) mass is 391 g/mol. The van der Waals surface area contributed by atoms with Crippen LogP contribution in [0.1, 0.15) is 35.1 Å². The first-order valence-electron chi connectivity index (χ1n) is 9.75. The third kappa shape index (κ3) is 3.41. The summed E-state index contributed by atoms with van der Waals surface area (Å²) < 4.78 is 7.74. The molecule has 1 amide bonds. The number of carbonyl (C=O) groups excluding carboxylic acids is 1. The van der Waals surface area contributed by atoms with Crippen LogP contribution in [0.3, 0.4) is 0 Å². The number of benzene rings is 1. The Morgan fingerprint density at radius 1 is 1.14 bits per heavy atom. The van der Waals surface area contributed by atoms with Gasteiger partial charge in [-0.1, -0.05) is 18.2 Å². The number of rotatable bonds is 5. The molecule has 3 heterocycles. The summed E-state index contributed by atoms with van der Waals surface area (Å²) in [6, 6.07) is 13.2. The number of aromatic nitrogens is 4. The summed E-state index contributed by atoms with van der Waals surface area (Å²) in [5, 5.41) is 8.45. The normalized spacial score (nSPS) is 16.5. The quantitative estimate of drug-likeness (QED) is 0.664. The highest BCUT2D eigenvalue weighted by Gasteiger charge is 2.34. The first kappa shape index (κ1) is 17.7. The van der Waals surface area contributed by atoms with Crippen LogP contribution in [0.15, 0.2) is 53.5 Å². The van der Waals surface area contributed by atoms with E-state index in [1.54, 1.807) is 11.0 Å². The zero-order valence-electron chi connectivity index (χ0n) is 16.1. The zero-order chi connectivity index (χ0) is 20.0. The number of amides is 1. The van der Waals surface area contributed by atoms with Crippen molar-refractivity contribution in [2.24, 2.45) is 0 Å². The second-order valence-electron chi connectivity index (χ2n) is 7.58. The van der Waals surface area contributed by atoms with Crippen molar-refractivity contribution in [2.45, 2.75) is 31.9 Å². The number of hydrogen-bond acceptors (Lipinski definition) is 5. The van der Waals surface area contributed by atoms with E-state index in [9.17, 15) is 9.59 Å². The molecule has 1 aliphatic heterocycles. The fraction of sp³-hybridized carbons (Fsp3) is 0.333. The fourth-order valence-electron chi connectivity index (χ4n) is 3.63. The molecule has 0 bridgehead atoms. The molecule has 3 aromatic rings. The molecule has 0 unspecified atom stereocenters. The van der Waals surface area contributed by atoms with E-state index in [1.807, 2.05) is 47.9 Å². The van der Waals surface area contributed by atoms with Crippen LogP contribution >= 0.6 is 0 Å². The van der Waals surface area contributed by atoms with E-state index in [0.717, 1.165) is 24.2 Å². The van der Waals surface area contributed by atoms with Gasteiger partial charge in [-0.2, -0.15) is 9.90 Å². The van der Waals surface area contributed by atoms with Crippen LogP contribution in [0, 0.1) is 6.92 Å². The number of aryl methyl sites for hydroxylation is 1. The predicted molar refractivity (Wildman–Crippen MR) is 105 cm³/mol. The van der Waals surface area contributed by atoms with E-state index in [1.165, 1.54) is 11.0 Å². The van der Waals surface area contributed by atoms with E-state index >= 15 is 0 Å². The number of nitrogens with zero attached hydrogens (tertiary/aromatic N) is 5. The van der Waals surface area contributed by atoms with E-state index in [-0.39, 0.29) is 17.6 Å². The van der Waals surface area contributed by atoms with Gasteiger partial charge in [-0.3, -0.25) is 9.59 Å². The van der Waals surface area contributed by atoms with Gasteiger partial charge in [0.2, 0.25) is 0 Å². The van der Waals surface area contributed by atoms with Crippen molar-refractivity contribution < 1.29 is 9.53 Å². The number of pyridine rings is 1. The summed E-state index contributed by atoms with van der Waals surface area (Å²) in [6.45, 7) is 2.85. The fourth-order valence-corrected chi connectivity index (χ4v) is 3.63. The second kappa shape index (κ2) is 6.88. The van der Waals surface area contributed by atoms with Gasteiger partial charge >= 0.3 is 0 Å². The van der Waals surface area contributed by atoms with E-state index in [4.69, 9.17) is 4.74 Å². The molecule has 5 rings (SSSR count). The molecule has 0 radical (unpaired) electrons. The molecule has 0 atom stereocenters. The maximum atomic E-state index is 12.6. The molecule has 2 aliphatic rings. The minimum absolute atomic E-state index is 0.0210. The zero-order valence-corrected chi connectivity index (χ0v) is 16.1. The first-order valence-corrected chi connectivity index (χ1v) is 9.75. The Hall–Kier alpha value is -3.42. The molecule has 2 fully saturated rings. The van der Waals surface area contributed by atoms with Crippen molar-refractivity contribution in [3.8, 4) is 11.4 Å². The number of para-hydroxylation sites is 1. The van der Waals surface area contributed by atoms with Crippen LogP contribution in [0.4, 0.5) is 0 Å². The minimum atomic E-state index is -0.174. The van der Waals surface area contributed by atoms with Crippen LogP contribution in [0.5, 0.6) is 5.75 Å². The van der Waals surface area contributed by atoms with Gasteiger partial charge < -0.3 is 14.2 Å². The third-order valence-corrected chi connectivity index (χ3v) is 5.28. The summed E-state index contributed by atoms with van der Waals surface area (Å²) >= 11 is 0.